The molecule has 2 aromatic heterocycles. The number of carbonyl (C=O) groups excluding carboxylic acids is 5. The van der Waals surface area contributed by atoms with Gasteiger partial charge in [0.05, 0.1) is 59.1 Å². The monoisotopic (exact) mass is 1250 g/mol. The summed E-state index contributed by atoms with van der Waals surface area (Å²) in [6, 6.07) is 24.5. The van der Waals surface area contributed by atoms with Gasteiger partial charge in [0.1, 0.15) is 34.6 Å². The number of aromatic amines is 1. The van der Waals surface area contributed by atoms with Gasteiger partial charge in [-0.25, -0.2) is 13.4 Å². The van der Waals surface area contributed by atoms with Crippen LogP contribution < -0.4 is 25.6 Å². The maximum absolute atomic E-state index is 14.3. The van der Waals surface area contributed by atoms with Crippen molar-refractivity contribution in [3.63, 3.8) is 0 Å². The number of hydrogen-bond donors (Lipinski definition) is 4. The minimum absolute atomic E-state index is 0.0380. The lowest BCUT2D eigenvalue weighted by Crippen LogP contribution is -2.54. The van der Waals surface area contributed by atoms with Crippen LogP contribution in [0.4, 0.5) is 22.7 Å². The fraction of sp³-hybridized carbons (Fsp3) is 0.415. The molecule has 22 nitrogen and oxygen atoms in total. The number of Topliss-reactive ketones (excluding diaryl/α,β-unsaturated/α-hetero) is 1. The highest BCUT2D eigenvalue weighted by Gasteiger charge is 2.46. The molecule has 1 atom stereocenters. The molecule has 11 rings (SSSR count). The van der Waals surface area contributed by atoms with Crippen molar-refractivity contribution in [3.05, 3.63) is 146 Å². The Morgan fingerprint density at radius 1 is 0.831 bits per heavy atom. The van der Waals surface area contributed by atoms with Gasteiger partial charge in [-0.05, 0) is 135 Å². The van der Waals surface area contributed by atoms with E-state index in [0.29, 0.717) is 76.2 Å². The molecule has 0 bridgehead atoms. The zero-order valence-corrected chi connectivity index (χ0v) is 51.5. The molecule has 4 amide bonds. The van der Waals surface area contributed by atoms with Gasteiger partial charge in [0.25, 0.3) is 17.5 Å². The zero-order valence-electron chi connectivity index (χ0n) is 49.9. The third kappa shape index (κ3) is 14.8. The van der Waals surface area contributed by atoms with Crippen LogP contribution in [-0.4, -0.2) is 171 Å². The molecule has 24 heteroatoms. The summed E-state index contributed by atoms with van der Waals surface area (Å²) in [5, 5.41) is 22.5. The number of fused-ring (bicyclic) bond motifs is 2. The summed E-state index contributed by atoms with van der Waals surface area (Å²) < 4.78 is 46.1. The van der Waals surface area contributed by atoms with E-state index >= 15 is 0 Å². The fourth-order valence-corrected chi connectivity index (χ4v) is 13.8. The molecular formula is C65H73ClN10O12S. The molecule has 4 aliphatic heterocycles. The SMILES string of the molecule is CC1(C)CCC(CN2CCN(c3ccc(C(=O)CS(=O)(=O)c4ccc(NCC5CCN(CCOCCOCCNc6cccc7c6C(=O)N(C6CCC(=O)NC6=O)C7=O)CC5)c([N+](=O)[O-])c4)c(Oc4cnc5[nH]ccc5c4)c3)CC2)=C(c2ccc(Cl)cc2)C1. The molecule has 0 saturated carbocycles. The lowest BCUT2D eigenvalue weighted by Gasteiger charge is -2.39. The number of allylic oxidation sites excluding steroid dienone is 1. The minimum atomic E-state index is -4.39. The van der Waals surface area contributed by atoms with Crippen LogP contribution in [0, 0.1) is 21.4 Å². The number of sulfone groups is 1. The molecule has 468 valence electrons. The van der Waals surface area contributed by atoms with E-state index in [-0.39, 0.29) is 57.2 Å². The number of carbonyl (C=O) groups is 5. The summed E-state index contributed by atoms with van der Waals surface area (Å²) in [7, 11) is -4.39. The summed E-state index contributed by atoms with van der Waals surface area (Å²) in [6.07, 6.45) is 8.22. The molecule has 3 fully saturated rings. The second-order valence-corrected chi connectivity index (χ2v) is 26.6. The highest BCUT2D eigenvalue weighted by Crippen LogP contribution is 2.44. The average Bonchev–Trinajstić information content (AvgIpc) is 1.65. The van der Waals surface area contributed by atoms with Crippen LogP contribution >= 0.6 is 11.6 Å². The summed E-state index contributed by atoms with van der Waals surface area (Å²) in [5.74, 6) is -3.22. The molecule has 0 spiro atoms. The third-order valence-electron chi connectivity index (χ3n) is 17.5. The Balaban J connectivity index is 0.637. The van der Waals surface area contributed by atoms with Crippen molar-refractivity contribution in [2.45, 2.75) is 69.7 Å². The molecule has 4 N–H and O–H groups in total. The van der Waals surface area contributed by atoms with E-state index in [1.54, 1.807) is 42.6 Å². The van der Waals surface area contributed by atoms with Crippen LogP contribution in [0.1, 0.15) is 95.4 Å². The van der Waals surface area contributed by atoms with Crippen LogP contribution in [-0.2, 0) is 28.9 Å². The van der Waals surface area contributed by atoms with Crippen LogP contribution in [0.25, 0.3) is 16.6 Å². The lowest BCUT2D eigenvalue weighted by atomic mass is 9.72. The number of aromatic nitrogens is 2. The quantitative estimate of drug-likeness (QED) is 0.0137. The van der Waals surface area contributed by atoms with E-state index in [1.165, 1.54) is 35.0 Å². The van der Waals surface area contributed by atoms with Gasteiger partial charge in [-0.15, -0.1) is 0 Å². The van der Waals surface area contributed by atoms with Crippen LogP contribution in [0.2, 0.25) is 5.02 Å². The number of ether oxygens (including phenoxy) is 3. The number of pyridine rings is 1. The maximum Gasteiger partial charge on any atom is 0.293 e. The van der Waals surface area contributed by atoms with E-state index in [1.807, 2.05) is 24.3 Å². The first-order valence-corrected chi connectivity index (χ1v) is 32.3. The Kier molecular flexibility index (Phi) is 19.2. The van der Waals surface area contributed by atoms with Gasteiger partial charge in [-0.3, -0.25) is 49.2 Å². The molecule has 89 heavy (non-hydrogen) atoms. The number of anilines is 3. The number of nitrogens with one attached hydrogen (secondary N) is 4. The highest BCUT2D eigenvalue weighted by atomic mass is 35.5. The minimum Gasteiger partial charge on any atom is -0.455 e. The normalized spacial score (nSPS) is 18.6. The smallest absolute Gasteiger partial charge is 0.293 e. The van der Waals surface area contributed by atoms with Gasteiger partial charge in [0.2, 0.25) is 11.8 Å². The van der Waals surface area contributed by atoms with Crippen molar-refractivity contribution in [1.29, 1.82) is 0 Å². The van der Waals surface area contributed by atoms with E-state index in [9.17, 15) is 42.5 Å². The summed E-state index contributed by atoms with van der Waals surface area (Å²) >= 11 is 6.27. The van der Waals surface area contributed by atoms with Crippen LogP contribution in [0.5, 0.6) is 11.5 Å². The second-order valence-electron chi connectivity index (χ2n) is 24.2. The molecule has 1 aliphatic carbocycles. The van der Waals surface area contributed by atoms with Gasteiger partial charge >= 0.3 is 0 Å². The Bertz CT molecular complexity index is 3820. The number of hydrogen-bond acceptors (Lipinski definition) is 18. The van der Waals surface area contributed by atoms with Gasteiger partial charge in [0, 0.05) is 98.9 Å². The number of ketones is 1. The number of imide groups is 2. The van der Waals surface area contributed by atoms with E-state index in [0.717, 1.165) is 91.9 Å². The number of piperidine rings is 2. The Morgan fingerprint density at radius 2 is 1.61 bits per heavy atom. The number of nitrogens with zero attached hydrogens (tertiary/aromatic N) is 6. The zero-order chi connectivity index (χ0) is 62.4. The van der Waals surface area contributed by atoms with E-state index in [4.69, 9.17) is 25.8 Å². The van der Waals surface area contributed by atoms with Crippen molar-refractivity contribution >= 4 is 90.2 Å². The molecular weight excluding hydrogens is 1180 g/mol. The molecule has 0 radical (unpaired) electrons. The predicted molar refractivity (Wildman–Crippen MR) is 338 cm³/mol. The highest BCUT2D eigenvalue weighted by molar-refractivity contribution is 7.92. The number of piperazine rings is 1. The van der Waals surface area contributed by atoms with Gasteiger partial charge in [0.15, 0.2) is 15.6 Å². The Labute approximate surface area is 521 Å². The van der Waals surface area contributed by atoms with Gasteiger partial charge < -0.3 is 39.6 Å². The van der Waals surface area contributed by atoms with Crippen molar-refractivity contribution in [3.8, 4) is 11.5 Å². The predicted octanol–water partition coefficient (Wildman–Crippen LogP) is 9.03. The number of nitro groups is 1. The van der Waals surface area contributed by atoms with Crippen molar-refractivity contribution < 1.29 is 51.5 Å². The molecule has 4 aromatic carbocycles. The number of amides is 4. The fourth-order valence-electron chi connectivity index (χ4n) is 12.5. The Hall–Kier alpha value is -8.06. The number of H-pyrrole nitrogens is 1. The molecule has 6 aromatic rings. The molecule has 1 unspecified atom stereocenters. The standard InChI is InChI=1S/C65H73ClN10O12S/c1-65(2)20-16-45(52(37-65)43-6-8-46(66)9-7-43)40-73-25-27-74(28-26-73)47-10-12-50(58(35-47)88-48-34-44-17-21-68-61(44)70-39-48)57(77)41-89(84,85)49-11-13-53(56(36-49)76(82)83)69-38-42-18-23-72(24-19-42)29-31-87-33-32-86-30-22-67-54-5-3-4-51-60(54)64(81)75(63(51)80)55-14-15-59(78)71-62(55)79/h3-13,17,21,34-36,39,42,55,67,69H,14-16,18-20,22-33,37-38,40-41H2,1-2H3,(H,68,70)(H,71,78,79). The Morgan fingerprint density at radius 3 is 2.37 bits per heavy atom. The third-order valence-corrected chi connectivity index (χ3v) is 19.4. The average molecular weight is 1250 g/mol. The lowest BCUT2D eigenvalue weighted by molar-refractivity contribution is -0.384. The second kappa shape index (κ2) is 27.4. The summed E-state index contributed by atoms with van der Waals surface area (Å²) in [6.45, 7) is 13.1. The number of benzene rings is 4. The van der Waals surface area contributed by atoms with Crippen molar-refractivity contribution in [2.75, 3.05) is 113 Å². The molecule has 5 aliphatic rings. The van der Waals surface area contributed by atoms with Gasteiger partial charge in [-0.1, -0.05) is 49.2 Å². The van der Waals surface area contributed by atoms with E-state index in [2.05, 4.69) is 66.6 Å². The maximum atomic E-state index is 14.3. The largest absolute Gasteiger partial charge is 0.455 e. The van der Waals surface area contributed by atoms with Crippen molar-refractivity contribution in [2.24, 2.45) is 11.3 Å². The number of nitro benzene ring substituents is 1. The molecule has 3 saturated heterocycles. The van der Waals surface area contributed by atoms with Crippen LogP contribution in [0.3, 0.4) is 0 Å². The molecule has 6 heterocycles. The first-order valence-electron chi connectivity index (χ1n) is 30.3. The van der Waals surface area contributed by atoms with Gasteiger partial charge in [-0.2, -0.15) is 0 Å². The number of halogens is 1. The topological polar surface area (TPSA) is 268 Å². The van der Waals surface area contributed by atoms with Crippen LogP contribution in [0.15, 0.2) is 114 Å². The van der Waals surface area contributed by atoms with E-state index < -0.39 is 61.7 Å². The number of likely N-dealkylation sites (tertiary alicyclic amines) is 1. The number of rotatable bonds is 25. The van der Waals surface area contributed by atoms with Crippen molar-refractivity contribution in [1.82, 2.24) is 30.0 Å². The summed E-state index contributed by atoms with van der Waals surface area (Å²) in [4.78, 5) is 91.9. The summed E-state index contributed by atoms with van der Waals surface area (Å²) in [5.41, 5.74) is 6.39. The first-order chi connectivity index (χ1) is 42.9. The first kappa shape index (κ1) is 62.5.